The molecule has 0 aliphatic heterocycles. The number of hydroxylamine groups is 1. The van der Waals surface area contributed by atoms with Gasteiger partial charge in [-0.15, -0.1) is 0 Å². The number of alkyl halides is 3. The standard InChI is InChI=1S/C6H7F3N2O2/c1-4(2-10)5(12)11-13-3-6(7,8)9/h4H,3H2,1H3,(H,11,12). The van der Waals surface area contributed by atoms with Gasteiger partial charge in [0.25, 0.3) is 5.91 Å². The van der Waals surface area contributed by atoms with E-state index < -0.39 is 24.6 Å². The van der Waals surface area contributed by atoms with E-state index in [1.165, 1.54) is 18.5 Å². The van der Waals surface area contributed by atoms with Gasteiger partial charge in [-0.1, -0.05) is 0 Å². The lowest BCUT2D eigenvalue weighted by Crippen LogP contribution is -2.32. The van der Waals surface area contributed by atoms with Gasteiger partial charge in [0.05, 0.1) is 6.07 Å². The topological polar surface area (TPSA) is 62.1 Å². The fourth-order valence-electron chi connectivity index (χ4n) is 0.336. The largest absolute Gasteiger partial charge is 0.414 e. The molecule has 0 saturated heterocycles. The highest BCUT2D eigenvalue weighted by Gasteiger charge is 2.28. The lowest BCUT2D eigenvalue weighted by Gasteiger charge is -2.08. The number of carbonyl (C=O) groups excluding carboxylic acids is 1. The Hall–Kier alpha value is -1.29. The molecule has 0 fully saturated rings. The Morgan fingerprint density at radius 2 is 2.23 bits per heavy atom. The SMILES string of the molecule is CC(C#N)C(=O)NOCC(F)(F)F. The Labute approximate surface area is 72.2 Å². The molecule has 13 heavy (non-hydrogen) atoms. The van der Waals surface area contributed by atoms with Gasteiger partial charge in [-0.05, 0) is 6.92 Å². The molecule has 1 unspecified atom stereocenters. The lowest BCUT2D eigenvalue weighted by molar-refractivity contribution is -0.192. The van der Waals surface area contributed by atoms with E-state index in [1.807, 2.05) is 0 Å². The van der Waals surface area contributed by atoms with Crippen LogP contribution in [0, 0.1) is 17.2 Å². The second-order valence-corrected chi connectivity index (χ2v) is 2.22. The quantitative estimate of drug-likeness (QED) is 0.677. The molecule has 74 valence electrons. The van der Waals surface area contributed by atoms with Crippen molar-refractivity contribution in [3.05, 3.63) is 0 Å². The summed E-state index contributed by atoms with van der Waals surface area (Å²) in [6.45, 7) is -0.330. The van der Waals surface area contributed by atoms with E-state index in [0.29, 0.717) is 0 Å². The Morgan fingerprint density at radius 1 is 1.69 bits per heavy atom. The minimum atomic E-state index is -4.50. The average Bonchev–Trinajstić information content (AvgIpc) is 2.00. The maximum atomic E-state index is 11.4. The number of amides is 1. The predicted octanol–water partition coefficient (Wildman–Crippen LogP) is 0.756. The molecule has 1 amide bonds. The summed E-state index contributed by atoms with van der Waals surface area (Å²) in [7, 11) is 0. The Balaban J connectivity index is 3.68. The third-order valence-corrected chi connectivity index (χ3v) is 0.996. The van der Waals surface area contributed by atoms with Crippen LogP contribution in [-0.2, 0) is 9.63 Å². The van der Waals surface area contributed by atoms with Gasteiger partial charge in [-0.2, -0.15) is 18.4 Å². The molecule has 0 aliphatic rings. The zero-order valence-corrected chi connectivity index (χ0v) is 6.68. The summed E-state index contributed by atoms with van der Waals surface area (Å²) in [5, 5.41) is 8.18. The summed E-state index contributed by atoms with van der Waals surface area (Å²) >= 11 is 0. The van der Waals surface area contributed by atoms with E-state index in [4.69, 9.17) is 5.26 Å². The van der Waals surface area contributed by atoms with Crippen molar-refractivity contribution in [3.8, 4) is 6.07 Å². The molecular formula is C6H7F3N2O2. The van der Waals surface area contributed by atoms with E-state index in [0.717, 1.165) is 0 Å². The number of nitriles is 1. The van der Waals surface area contributed by atoms with Gasteiger partial charge in [0.1, 0.15) is 5.92 Å². The fourth-order valence-corrected chi connectivity index (χ4v) is 0.336. The first kappa shape index (κ1) is 11.7. The van der Waals surface area contributed by atoms with Crippen LogP contribution in [0.15, 0.2) is 0 Å². The predicted molar refractivity (Wildman–Crippen MR) is 34.9 cm³/mol. The monoisotopic (exact) mass is 196 g/mol. The van der Waals surface area contributed by atoms with Gasteiger partial charge in [0, 0.05) is 0 Å². The van der Waals surface area contributed by atoms with Crippen molar-refractivity contribution >= 4 is 5.91 Å². The summed E-state index contributed by atoms with van der Waals surface area (Å²) in [5.41, 5.74) is 1.51. The molecule has 0 aromatic rings. The molecule has 7 heteroatoms. The van der Waals surface area contributed by atoms with E-state index >= 15 is 0 Å². The van der Waals surface area contributed by atoms with Gasteiger partial charge in [-0.25, -0.2) is 5.48 Å². The van der Waals surface area contributed by atoms with E-state index in [-0.39, 0.29) is 0 Å². The minimum absolute atomic E-state index is 0.897. The highest BCUT2D eigenvalue weighted by atomic mass is 19.4. The Morgan fingerprint density at radius 3 is 2.62 bits per heavy atom. The summed E-state index contributed by atoms with van der Waals surface area (Å²) in [6.07, 6.45) is -4.50. The van der Waals surface area contributed by atoms with Gasteiger partial charge < -0.3 is 0 Å². The fraction of sp³-hybridized carbons (Fsp3) is 0.667. The van der Waals surface area contributed by atoms with Gasteiger partial charge in [-0.3, -0.25) is 9.63 Å². The van der Waals surface area contributed by atoms with E-state index in [1.54, 1.807) is 0 Å². The second-order valence-electron chi connectivity index (χ2n) is 2.22. The maximum absolute atomic E-state index is 11.4. The molecule has 0 radical (unpaired) electrons. The third kappa shape index (κ3) is 5.93. The molecule has 0 aliphatic carbocycles. The first-order chi connectivity index (χ1) is 5.87. The number of hydrogen-bond donors (Lipinski definition) is 1. The molecule has 0 aromatic carbocycles. The Kier molecular flexibility index (Phi) is 4.20. The molecule has 0 bridgehead atoms. The molecule has 0 heterocycles. The van der Waals surface area contributed by atoms with Crippen LogP contribution in [0.1, 0.15) is 6.92 Å². The molecule has 1 atom stereocenters. The average molecular weight is 196 g/mol. The van der Waals surface area contributed by atoms with Crippen LogP contribution >= 0.6 is 0 Å². The number of hydrogen-bond acceptors (Lipinski definition) is 3. The lowest BCUT2D eigenvalue weighted by atomic mass is 10.2. The summed E-state index contributed by atoms with van der Waals surface area (Å²) in [5.74, 6) is -1.93. The molecule has 0 spiro atoms. The smallest absolute Gasteiger partial charge is 0.271 e. The zero-order chi connectivity index (χ0) is 10.5. The van der Waals surface area contributed by atoms with Crippen molar-refractivity contribution in [2.75, 3.05) is 6.61 Å². The highest BCUT2D eigenvalue weighted by molar-refractivity contribution is 5.79. The van der Waals surface area contributed by atoms with Crippen LogP contribution in [0.3, 0.4) is 0 Å². The highest BCUT2D eigenvalue weighted by Crippen LogP contribution is 2.13. The summed E-state index contributed by atoms with van der Waals surface area (Å²) < 4.78 is 34.3. The van der Waals surface area contributed by atoms with Crippen molar-refractivity contribution in [1.82, 2.24) is 5.48 Å². The summed E-state index contributed by atoms with van der Waals surface area (Å²) in [6, 6.07) is 1.54. The molecule has 4 nitrogen and oxygen atoms in total. The van der Waals surface area contributed by atoms with E-state index in [2.05, 4.69) is 4.84 Å². The molecular weight excluding hydrogens is 189 g/mol. The van der Waals surface area contributed by atoms with Crippen molar-refractivity contribution < 1.29 is 22.8 Å². The first-order valence-corrected chi connectivity index (χ1v) is 3.25. The molecule has 0 rings (SSSR count). The van der Waals surface area contributed by atoms with Crippen molar-refractivity contribution in [3.63, 3.8) is 0 Å². The van der Waals surface area contributed by atoms with Gasteiger partial charge in [0.15, 0.2) is 6.61 Å². The molecule has 1 N–H and O–H groups in total. The molecule has 0 saturated carbocycles. The third-order valence-electron chi connectivity index (χ3n) is 0.996. The van der Waals surface area contributed by atoms with Crippen LogP contribution in [0.4, 0.5) is 13.2 Å². The first-order valence-electron chi connectivity index (χ1n) is 3.25. The maximum Gasteiger partial charge on any atom is 0.414 e. The molecule has 0 aromatic heterocycles. The van der Waals surface area contributed by atoms with Crippen molar-refractivity contribution in [2.24, 2.45) is 5.92 Å². The normalized spacial score (nSPS) is 13.2. The number of rotatable bonds is 3. The number of nitrogens with one attached hydrogen (secondary N) is 1. The van der Waals surface area contributed by atoms with Crippen LogP contribution in [0.25, 0.3) is 0 Å². The second kappa shape index (κ2) is 4.67. The number of nitrogens with zero attached hydrogens (tertiary/aromatic N) is 1. The van der Waals surface area contributed by atoms with Crippen LogP contribution in [0.5, 0.6) is 0 Å². The van der Waals surface area contributed by atoms with Gasteiger partial charge in [0.2, 0.25) is 0 Å². The minimum Gasteiger partial charge on any atom is -0.271 e. The van der Waals surface area contributed by atoms with E-state index in [9.17, 15) is 18.0 Å². The number of halogens is 3. The Bertz CT molecular complexity index is 221. The summed E-state index contributed by atoms with van der Waals surface area (Å²) in [4.78, 5) is 14.4. The van der Waals surface area contributed by atoms with Crippen LogP contribution < -0.4 is 5.48 Å². The van der Waals surface area contributed by atoms with Crippen molar-refractivity contribution in [1.29, 1.82) is 5.26 Å². The van der Waals surface area contributed by atoms with Crippen LogP contribution in [0.2, 0.25) is 0 Å². The number of carbonyl (C=O) groups is 1. The van der Waals surface area contributed by atoms with Gasteiger partial charge >= 0.3 is 6.18 Å². The van der Waals surface area contributed by atoms with Crippen molar-refractivity contribution in [2.45, 2.75) is 13.1 Å². The zero-order valence-electron chi connectivity index (χ0n) is 6.68. The van der Waals surface area contributed by atoms with Crippen LogP contribution in [-0.4, -0.2) is 18.7 Å².